The Morgan fingerprint density at radius 1 is 1.21 bits per heavy atom. The number of hydrogen-bond donors (Lipinski definition) is 1. The Hall–Kier alpha value is -1.06. The van der Waals surface area contributed by atoms with Gasteiger partial charge in [-0.2, -0.15) is 0 Å². The van der Waals surface area contributed by atoms with Crippen LogP contribution in [0.2, 0.25) is 0 Å². The second-order valence-electron chi connectivity index (χ2n) is 5.25. The second kappa shape index (κ2) is 5.93. The molecule has 0 saturated carbocycles. The van der Waals surface area contributed by atoms with Crippen LogP contribution in [0.4, 0.5) is 5.69 Å². The standard InChI is InChI=1S/C15H20ClNO2/c1-9-10(2)19-11(3)14(9)15(18)17-13-6-4-12(8-16)5-7-13/h4-7,9-11,14H,8H2,1-3H3,(H,17,18). The van der Waals surface area contributed by atoms with Gasteiger partial charge in [-0.25, -0.2) is 0 Å². The van der Waals surface area contributed by atoms with Gasteiger partial charge >= 0.3 is 0 Å². The molecule has 1 aliphatic heterocycles. The number of carbonyl (C=O) groups is 1. The van der Waals surface area contributed by atoms with Crippen LogP contribution < -0.4 is 5.32 Å². The molecule has 19 heavy (non-hydrogen) atoms. The highest BCUT2D eigenvalue weighted by molar-refractivity contribution is 6.17. The molecule has 1 N–H and O–H groups in total. The Labute approximate surface area is 119 Å². The van der Waals surface area contributed by atoms with Crippen molar-refractivity contribution in [1.82, 2.24) is 0 Å². The first-order valence-corrected chi connectivity index (χ1v) is 7.17. The van der Waals surface area contributed by atoms with Gasteiger partial charge in [0, 0.05) is 11.6 Å². The minimum Gasteiger partial charge on any atom is -0.374 e. The molecule has 1 saturated heterocycles. The molecule has 1 aromatic carbocycles. The van der Waals surface area contributed by atoms with Gasteiger partial charge in [0.05, 0.1) is 18.1 Å². The molecule has 1 amide bonds. The van der Waals surface area contributed by atoms with E-state index in [1.165, 1.54) is 0 Å². The third-order valence-electron chi connectivity index (χ3n) is 3.92. The molecular formula is C15H20ClNO2. The first-order chi connectivity index (χ1) is 9.02. The number of nitrogens with one attached hydrogen (secondary N) is 1. The minimum absolute atomic E-state index is 0.0305. The highest BCUT2D eigenvalue weighted by atomic mass is 35.5. The number of benzene rings is 1. The van der Waals surface area contributed by atoms with Gasteiger partial charge in [-0.05, 0) is 37.5 Å². The number of halogens is 1. The number of hydrogen-bond acceptors (Lipinski definition) is 2. The zero-order chi connectivity index (χ0) is 14.0. The molecule has 104 valence electrons. The van der Waals surface area contributed by atoms with Gasteiger partial charge in [-0.3, -0.25) is 4.79 Å². The lowest BCUT2D eigenvalue weighted by atomic mass is 9.89. The monoisotopic (exact) mass is 281 g/mol. The summed E-state index contributed by atoms with van der Waals surface area (Å²) in [5.41, 5.74) is 1.84. The molecule has 0 radical (unpaired) electrons. The number of anilines is 1. The van der Waals surface area contributed by atoms with E-state index >= 15 is 0 Å². The average Bonchev–Trinajstić information content (AvgIpc) is 2.64. The summed E-state index contributed by atoms with van der Waals surface area (Å²) in [6.45, 7) is 6.04. The van der Waals surface area contributed by atoms with Crippen molar-refractivity contribution in [2.75, 3.05) is 5.32 Å². The quantitative estimate of drug-likeness (QED) is 0.862. The first kappa shape index (κ1) is 14.4. The van der Waals surface area contributed by atoms with Crippen LogP contribution in [0.1, 0.15) is 26.3 Å². The molecule has 4 atom stereocenters. The molecule has 1 heterocycles. The first-order valence-electron chi connectivity index (χ1n) is 6.64. The lowest BCUT2D eigenvalue weighted by Crippen LogP contribution is -2.31. The Morgan fingerprint density at radius 3 is 2.32 bits per heavy atom. The van der Waals surface area contributed by atoms with E-state index in [0.29, 0.717) is 5.88 Å². The maximum atomic E-state index is 12.3. The Kier molecular flexibility index (Phi) is 4.48. The minimum atomic E-state index is -0.0947. The van der Waals surface area contributed by atoms with Gasteiger partial charge in [-0.15, -0.1) is 11.6 Å². The van der Waals surface area contributed by atoms with Gasteiger partial charge in [-0.1, -0.05) is 19.1 Å². The summed E-state index contributed by atoms with van der Waals surface area (Å²) in [6, 6.07) is 7.60. The van der Waals surface area contributed by atoms with Gasteiger partial charge in [0.2, 0.25) is 5.91 Å². The summed E-state index contributed by atoms with van der Waals surface area (Å²) in [5, 5.41) is 2.95. The summed E-state index contributed by atoms with van der Waals surface area (Å²) in [4.78, 5) is 12.3. The van der Waals surface area contributed by atoms with E-state index in [9.17, 15) is 4.79 Å². The summed E-state index contributed by atoms with van der Waals surface area (Å²) in [6.07, 6.45) is 0.0940. The molecule has 4 unspecified atom stereocenters. The van der Waals surface area contributed by atoms with E-state index in [2.05, 4.69) is 12.2 Å². The largest absolute Gasteiger partial charge is 0.374 e. The van der Waals surface area contributed by atoms with Gasteiger partial charge in [0.15, 0.2) is 0 Å². The Balaban J connectivity index is 2.04. The van der Waals surface area contributed by atoms with Crippen LogP contribution in [0, 0.1) is 11.8 Å². The fraction of sp³-hybridized carbons (Fsp3) is 0.533. The molecule has 0 spiro atoms. The molecule has 1 aliphatic rings. The van der Waals surface area contributed by atoms with Crippen molar-refractivity contribution in [1.29, 1.82) is 0 Å². The molecule has 2 rings (SSSR count). The third-order valence-corrected chi connectivity index (χ3v) is 4.23. The van der Waals surface area contributed by atoms with Crippen LogP contribution >= 0.6 is 11.6 Å². The molecule has 1 fully saturated rings. The van der Waals surface area contributed by atoms with Crippen molar-refractivity contribution in [3.8, 4) is 0 Å². The van der Waals surface area contributed by atoms with Crippen molar-refractivity contribution in [3.63, 3.8) is 0 Å². The van der Waals surface area contributed by atoms with Crippen molar-refractivity contribution in [2.24, 2.45) is 11.8 Å². The zero-order valence-corrected chi connectivity index (χ0v) is 12.3. The topological polar surface area (TPSA) is 38.3 Å². The summed E-state index contributed by atoms with van der Waals surface area (Å²) < 4.78 is 5.70. The van der Waals surface area contributed by atoms with Crippen molar-refractivity contribution in [2.45, 2.75) is 38.9 Å². The molecule has 0 aromatic heterocycles. The molecule has 0 bridgehead atoms. The summed E-state index contributed by atoms with van der Waals surface area (Å²) >= 11 is 5.74. The second-order valence-corrected chi connectivity index (χ2v) is 5.52. The lowest BCUT2D eigenvalue weighted by Gasteiger charge is -2.18. The molecule has 4 heteroatoms. The van der Waals surface area contributed by atoms with Crippen molar-refractivity contribution in [3.05, 3.63) is 29.8 Å². The number of rotatable bonds is 3. The van der Waals surface area contributed by atoms with Crippen LogP contribution in [0.3, 0.4) is 0 Å². The van der Waals surface area contributed by atoms with Gasteiger partial charge in [0.25, 0.3) is 0 Å². The zero-order valence-electron chi connectivity index (χ0n) is 11.5. The van der Waals surface area contributed by atoms with E-state index in [1.54, 1.807) is 0 Å². The Bertz CT molecular complexity index is 446. The van der Waals surface area contributed by atoms with Gasteiger partial charge < -0.3 is 10.1 Å². The van der Waals surface area contributed by atoms with E-state index in [4.69, 9.17) is 16.3 Å². The maximum Gasteiger partial charge on any atom is 0.230 e. The molecule has 1 aromatic rings. The van der Waals surface area contributed by atoms with E-state index in [-0.39, 0.29) is 30.0 Å². The van der Waals surface area contributed by atoms with Crippen molar-refractivity contribution < 1.29 is 9.53 Å². The van der Waals surface area contributed by atoms with Crippen LogP contribution in [-0.2, 0) is 15.4 Å². The average molecular weight is 282 g/mol. The van der Waals surface area contributed by atoms with E-state index in [0.717, 1.165) is 11.3 Å². The lowest BCUT2D eigenvalue weighted by molar-refractivity contribution is -0.121. The van der Waals surface area contributed by atoms with Crippen LogP contribution in [-0.4, -0.2) is 18.1 Å². The van der Waals surface area contributed by atoms with Crippen molar-refractivity contribution >= 4 is 23.2 Å². The smallest absolute Gasteiger partial charge is 0.230 e. The van der Waals surface area contributed by atoms with Crippen LogP contribution in [0.5, 0.6) is 0 Å². The Morgan fingerprint density at radius 2 is 1.84 bits per heavy atom. The summed E-state index contributed by atoms with van der Waals surface area (Å²) in [7, 11) is 0. The number of alkyl halides is 1. The number of ether oxygens (including phenoxy) is 1. The third kappa shape index (κ3) is 3.10. The SMILES string of the molecule is CC1OC(C)C(C(=O)Nc2ccc(CCl)cc2)C1C. The number of amides is 1. The fourth-order valence-corrected chi connectivity index (χ4v) is 2.80. The van der Waals surface area contributed by atoms with Gasteiger partial charge in [0.1, 0.15) is 0 Å². The molecular weight excluding hydrogens is 262 g/mol. The van der Waals surface area contributed by atoms with E-state index < -0.39 is 0 Å². The highest BCUT2D eigenvalue weighted by Crippen LogP contribution is 2.33. The fourth-order valence-electron chi connectivity index (χ4n) is 2.62. The summed E-state index contributed by atoms with van der Waals surface area (Å²) in [5.74, 6) is 0.652. The maximum absolute atomic E-state index is 12.3. The van der Waals surface area contributed by atoms with Crippen LogP contribution in [0.15, 0.2) is 24.3 Å². The number of carbonyl (C=O) groups excluding carboxylic acids is 1. The predicted octanol–water partition coefficient (Wildman–Crippen LogP) is 3.42. The molecule has 0 aliphatic carbocycles. The van der Waals surface area contributed by atoms with Crippen LogP contribution in [0.25, 0.3) is 0 Å². The highest BCUT2D eigenvalue weighted by Gasteiger charge is 2.41. The predicted molar refractivity (Wildman–Crippen MR) is 77.3 cm³/mol. The molecule has 3 nitrogen and oxygen atoms in total. The van der Waals surface area contributed by atoms with E-state index in [1.807, 2.05) is 38.1 Å². The normalized spacial score (nSPS) is 30.3.